The van der Waals surface area contributed by atoms with E-state index in [-0.39, 0.29) is 36.1 Å². The van der Waals surface area contributed by atoms with Crippen molar-refractivity contribution in [2.75, 3.05) is 18.9 Å². The van der Waals surface area contributed by atoms with Crippen molar-refractivity contribution < 1.29 is 14.7 Å². The molecule has 1 amide bonds. The van der Waals surface area contributed by atoms with Gasteiger partial charge >= 0.3 is 5.97 Å². The lowest BCUT2D eigenvalue weighted by atomic mass is 10.1. The number of nitrogens with zero attached hydrogens (tertiary/aromatic N) is 3. The second kappa shape index (κ2) is 11.2. The molecule has 0 radical (unpaired) electrons. The van der Waals surface area contributed by atoms with Crippen LogP contribution in [0.3, 0.4) is 0 Å². The highest BCUT2D eigenvalue weighted by Crippen LogP contribution is 2.18. The number of carbonyl (C=O) groups excluding carboxylic acids is 1. The molecule has 0 aliphatic carbocycles. The van der Waals surface area contributed by atoms with E-state index in [1.54, 1.807) is 37.5 Å². The van der Waals surface area contributed by atoms with E-state index in [1.807, 2.05) is 6.07 Å². The monoisotopic (exact) mass is 459 g/mol. The molecule has 0 fully saturated rings. The molecule has 34 heavy (non-hydrogen) atoms. The number of nitrogens with one attached hydrogen (secondary N) is 4. The van der Waals surface area contributed by atoms with Crippen molar-refractivity contribution in [1.82, 2.24) is 25.6 Å². The van der Waals surface area contributed by atoms with Crippen LogP contribution in [0.5, 0.6) is 0 Å². The number of amides is 1. The Morgan fingerprint density at radius 1 is 1.15 bits per heavy atom. The molecule has 0 aliphatic rings. The highest BCUT2D eigenvalue weighted by atomic mass is 16.4. The number of hydrogen-bond acceptors (Lipinski definition) is 8. The van der Waals surface area contributed by atoms with Gasteiger partial charge in [-0.15, -0.1) is 0 Å². The average molecular weight is 459 g/mol. The minimum absolute atomic E-state index is 0.0987. The van der Waals surface area contributed by atoms with Gasteiger partial charge in [-0.05, 0) is 30.8 Å². The first-order valence-corrected chi connectivity index (χ1v) is 10.1. The number of carboxylic acids is 1. The van der Waals surface area contributed by atoms with Gasteiger partial charge in [0.05, 0.1) is 17.5 Å². The Morgan fingerprint density at radius 3 is 2.50 bits per heavy atom. The number of rotatable bonds is 9. The summed E-state index contributed by atoms with van der Waals surface area (Å²) in [7, 11) is 1.69. The lowest BCUT2D eigenvalue weighted by molar-refractivity contribution is -0.117. The van der Waals surface area contributed by atoms with Crippen LogP contribution in [0.25, 0.3) is 11.3 Å². The SMILES string of the molecule is CNC/C(=C\Nc1ncc(C#N)c(=O)[nH]1)C(=O)NCc1ccc(-c2ccc(C(=O)O)cc2)nc1. The van der Waals surface area contributed by atoms with Crippen molar-refractivity contribution in [2.45, 2.75) is 6.54 Å². The molecule has 3 rings (SSSR count). The number of carboxylic acid groups (broad SMARTS) is 1. The van der Waals surface area contributed by atoms with Crippen molar-refractivity contribution in [3.8, 4) is 17.3 Å². The third-order valence-electron chi connectivity index (χ3n) is 4.67. The zero-order chi connectivity index (χ0) is 24.5. The quantitative estimate of drug-likeness (QED) is 0.295. The summed E-state index contributed by atoms with van der Waals surface area (Å²) in [5.41, 5.74) is 2.09. The van der Waals surface area contributed by atoms with Gasteiger partial charge in [0.15, 0.2) is 0 Å². The first kappa shape index (κ1) is 23.8. The first-order valence-electron chi connectivity index (χ1n) is 10.1. The molecule has 0 unspecified atom stereocenters. The molecule has 11 nitrogen and oxygen atoms in total. The number of anilines is 1. The Hall–Kier alpha value is -4.82. The maximum Gasteiger partial charge on any atom is 0.335 e. The lowest BCUT2D eigenvalue weighted by Crippen LogP contribution is -2.29. The molecule has 0 spiro atoms. The van der Waals surface area contributed by atoms with Crippen LogP contribution in [0.4, 0.5) is 5.95 Å². The Bertz CT molecular complexity index is 1310. The van der Waals surface area contributed by atoms with E-state index in [0.29, 0.717) is 11.3 Å². The Labute approximate surface area is 194 Å². The summed E-state index contributed by atoms with van der Waals surface area (Å²) in [6.07, 6.45) is 4.19. The summed E-state index contributed by atoms with van der Waals surface area (Å²) in [6, 6.07) is 11.7. The fourth-order valence-corrected chi connectivity index (χ4v) is 2.87. The van der Waals surface area contributed by atoms with Gasteiger partial charge in [0.1, 0.15) is 11.6 Å². The van der Waals surface area contributed by atoms with E-state index in [2.05, 4.69) is 30.9 Å². The topological polar surface area (TPSA) is 173 Å². The van der Waals surface area contributed by atoms with Gasteiger partial charge in [0.2, 0.25) is 11.9 Å². The minimum atomic E-state index is -0.992. The van der Waals surface area contributed by atoms with Crippen molar-refractivity contribution in [3.05, 3.63) is 87.6 Å². The molecule has 11 heteroatoms. The average Bonchev–Trinajstić information content (AvgIpc) is 2.85. The van der Waals surface area contributed by atoms with Gasteiger partial charge in [0, 0.05) is 36.6 Å². The Balaban J connectivity index is 1.62. The van der Waals surface area contributed by atoms with E-state index >= 15 is 0 Å². The number of aromatic nitrogens is 3. The Morgan fingerprint density at radius 2 is 1.91 bits per heavy atom. The number of hydrogen-bond donors (Lipinski definition) is 5. The molecular formula is C23H21N7O4. The number of benzene rings is 1. The van der Waals surface area contributed by atoms with Gasteiger partial charge in [-0.1, -0.05) is 18.2 Å². The van der Waals surface area contributed by atoms with Crippen molar-refractivity contribution in [1.29, 1.82) is 5.26 Å². The van der Waals surface area contributed by atoms with E-state index in [4.69, 9.17) is 10.4 Å². The predicted octanol–water partition coefficient (Wildman–Crippen LogP) is 1.23. The molecule has 2 heterocycles. The minimum Gasteiger partial charge on any atom is -0.478 e. The smallest absolute Gasteiger partial charge is 0.335 e. The van der Waals surface area contributed by atoms with Gasteiger partial charge in [0.25, 0.3) is 5.56 Å². The van der Waals surface area contributed by atoms with Crippen LogP contribution in [0.15, 0.2) is 65.4 Å². The fourth-order valence-electron chi connectivity index (χ4n) is 2.87. The van der Waals surface area contributed by atoms with Gasteiger partial charge in [-0.3, -0.25) is 19.6 Å². The van der Waals surface area contributed by atoms with Crippen molar-refractivity contribution in [3.63, 3.8) is 0 Å². The second-order valence-electron chi connectivity index (χ2n) is 7.05. The van der Waals surface area contributed by atoms with E-state index in [9.17, 15) is 14.4 Å². The van der Waals surface area contributed by atoms with E-state index in [0.717, 1.165) is 17.3 Å². The zero-order valence-corrected chi connectivity index (χ0v) is 18.1. The number of aromatic carboxylic acids is 1. The molecule has 0 saturated carbocycles. The summed E-state index contributed by atoms with van der Waals surface area (Å²) in [5.74, 6) is -1.23. The molecule has 0 bridgehead atoms. The normalized spacial score (nSPS) is 10.9. The van der Waals surface area contributed by atoms with Gasteiger partial charge in [-0.2, -0.15) is 5.26 Å². The van der Waals surface area contributed by atoms with Crippen molar-refractivity contribution >= 4 is 17.8 Å². The molecule has 3 aromatic rings. The van der Waals surface area contributed by atoms with E-state index in [1.165, 1.54) is 18.3 Å². The number of H-pyrrole nitrogens is 1. The van der Waals surface area contributed by atoms with Crippen LogP contribution in [0, 0.1) is 11.3 Å². The largest absolute Gasteiger partial charge is 0.478 e. The molecule has 172 valence electrons. The molecular weight excluding hydrogens is 438 g/mol. The molecule has 1 aromatic carbocycles. The number of aromatic amines is 1. The van der Waals surface area contributed by atoms with Crippen LogP contribution in [0.1, 0.15) is 21.5 Å². The molecule has 2 aromatic heterocycles. The highest BCUT2D eigenvalue weighted by molar-refractivity contribution is 5.94. The lowest BCUT2D eigenvalue weighted by Gasteiger charge is -2.10. The summed E-state index contributed by atoms with van der Waals surface area (Å²) < 4.78 is 0. The maximum atomic E-state index is 12.6. The third kappa shape index (κ3) is 6.12. The highest BCUT2D eigenvalue weighted by Gasteiger charge is 2.10. The van der Waals surface area contributed by atoms with Crippen LogP contribution in [-0.2, 0) is 11.3 Å². The third-order valence-corrected chi connectivity index (χ3v) is 4.67. The Kier molecular flexibility index (Phi) is 7.83. The van der Waals surface area contributed by atoms with Crippen LogP contribution in [0.2, 0.25) is 0 Å². The fraction of sp³-hybridized carbons (Fsp3) is 0.130. The van der Waals surface area contributed by atoms with Crippen LogP contribution in [-0.4, -0.2) is 45.5 Å². The van der Waals surface area contributed by atoms with Gasteiger partial charge in [-0.25, -0.2) is 9.78 Å². The molecule has 0 saturated heterocycles. The number of carbonyl (C=O) groups is 2. The zero-order valence-electron chi connectivity index (χ0n) is 18.1. The number of nitriles is 1. The molecule has 5 N–H and O–H groups in total. The van der Waals surface area contributed by atoms with Crippen LogP contribution < -0.4 is 21.5 Å². The standard InChI is InChI=1S/C23H21N7O4/c1-25-11-18(13-29-23-28-12-17(8-24)21(32)30-23)20(31)27-10-14-2-7-19(26-9-14)15-3-5-16(6-4-15)22(33)34/h2-7,9,12-13,25H,10-11H2,1H3,(H,27,31)(H,33,34)(H2,28,29,30,32)/b18-13+. The molecule has 0 atom stereocenters. The van der Waals surface area contributed by atoms with Crippen LogP contribution >= 0.6 is 0 Å². The maximum absolute atomic E-state index is 12.6. The molecule has 0 aliphatic heterocycles. The summed E-state index contributed by atoms with van der Waals surface area (Å²) in [5, 5.41) is 26.2. The number of likely N-dealkylation sites (N-methyl/N-ethyl adjacent to an activating group) is 1. The number of pyridine rings is 1. The van der Waals surface area contributed by atoms with E-state index < -0.39 is 11.5 Å². The summed E-state index contributed by atoms with van der Waals surface area (Å²) >= 11 is 0. The first-order chi connectivity index (χ1) is 16.4. The summed E-state index contributed by atoms with van der Waals surface area (Å²) in [4.78, 5) is 46.0. The second-order valence-corrected chi connectivity index (χ2v) is 7.05. The predicted molar refractivity (Wildman–Crippen MR) is 124 cm³/mol. The summed E-state index contributed by atoms with van der Waals surface area (Å²) in [6.45, 7) is 0.486. The van der Waals surface area contributed by atoms with Crippen molar-refractivity contribution in [2.24, 2.45) is 0 Å². The van der Waals surface area contributed by atoms with Gasteiger partial charge < -0.3 is 21.1 Å².